The third kappa shape index (κ3) is 4.20. The molecule has 4 heteroatoms. The maximum absolute atomic E-state index is 9.97. The lowest BCUT2D eigenvalue weighted by molar-refractivity contribution is 0.0622. The topological polar surface area (TPSA) is 48.4 Å². The van der Waals surface area contributed by atoms with Crippen molar-refractivity contribution in [1.29, 1.82) is 0 Å². The van der Waals surface area contributed by atoms with E-state index in [4.69, 9.17) is 0 Å². The maximum atomic E-state index is 9.97. The first-order valence-electron chi connectivity index (χ1n) is 9.11. The summed E-state index contributed by atoms with van der Waals surface area (Å²) in [5, 5.41) is 14.5. The summed E-state index contributed by atoms with van der Waals surface area (Å²) in [7, 11) is 0. The fourth-order valence-corrected chi connectivity index (χ4v) is 3.88. The monoisotopic (exact) mass is 339 g/mol. The van der Waals surface area contributed by atoms with Crippen LogP contribution in [0.25, 0.3) is 10.9 Å². The quantitative estimate of drug-likeness (QED) is 0.790. The molecule has 0 aliphatic carbocycles. The van der Waals surface area contributed by atoms with Crippen LogP contribution in [0.5, 0.6) is 5.75 Å². The second kappa shape index (κ2) is 7.54. The van der Waals surface area contributed by atoms with Gasteiger partial charge >= 0.3 is 0 Å². The number of likely N-dealkylation sites (tertiary alicyclic amines) is 1. The number of para-hydroxylation sites is 1. The van der Waals surface area contributed by atoms with Gasteiger partial charge in [-0.3, -0.25) is 4.90 Å². The largest absolute Gasteiger partial charge is 0.506 e. The molecular formula is C21H29N3O. The normalized spacial score (nSPS) is 20.6. The first kappa shape index (κ1) is 17.9. The van der Waals surface area contributed by atoms with E-state index >= 15 is 0 Å². The van der Waals surface area contributed by atoms with Crippen molar-refractivity contribution in [3.63, 3.8) is 0 Å². The Balaban J connectivity index is 1.58. The molecule has 0 amide bonds. The van der Waals surface area contributed by atoms with Crippen LogP contribution in [0.15, 0.2) is 43.0 Å². The van der Waals surface area contributed by atoms with Crippen molar-refractivity contribution < 1.29 is 5.11 Å². The van der Waals surface area contributed by atoms with E-state index in [9.17, 15) is 5.11 Å². The lowest BCUT2D eigenvalue weighted by atomic mass is 9.74. The molecule has 1 atom stereocenters. The van der Waals surface area contributed by atoms with Gasteiger partial charge in [0.1, 0.15) is 11.3 Å². The number of piperidine rings is 1. The van der Waals surface area contributed by atoms with E-state index in [1.165, 1.54) is 6.42 Å². The van der Waals surface area contributed by atoms with Gasteiger partial charge < -0.3 is 10.4 Å². The highest BCUT2D eigenvalue weighted by atomic mass is 16.3. The van der Waals surface area contributed by atoms with Crippen molar-refractivity contribution in [1.82, 2.24) is 15.2 Å². The standard InChI is InChI=1S/C21H29N3O/c1-4-11-24-12-10-17(21(2,3)15-24)13-22-14-18-9-8-16-6-5-7-19(25)20(16)23-18/h4-9,17,22,25H,1,10-15H2,2-3H3. The van der Waals surface area contributed by atoms with Crippen molar-refractivity contribution in [2.75, 3.05) is 26.2 Å². The van der Waals surface area contributed by atoms with Crippen molar-refractivity contribution in [3.8, 4) is 5.75 Å². The average Bonchev–Trinajstić information content (AvgIpc) is 2.57. The van der Waals surface area contributed by atoms with Crippen LogP contribution in [0, 0.1) is 11.3 Å². The molecule has 1 fully saturated rings. The molecule has 1 aromatic heterocycles. The van der Waals surface area contributed by atoms with E-state index in [2.05, 4.69) is 35.6 Å². The Kier molecular flexibility index (Phi) is 5.40. The molecule has 2 aromatic rings. The lowest BCUT2D eigenvalue weighted by Crippen LogP contribution is -2.48. The minimum atomic E-state index is 0.245. The number of benzene rings is 1. The molecule has 1 aliphatic rings. The van der Waals surface area contributed by atoms with Crippen molar-refractivity contribution in [3.05, 3.63) is 48.7 Å². The molecule has 1 aromatic carbocycles. The Labute approximate surface area is 150 Å². The van der Waals surface area contributed by atoms with Crippen LogP contribution >= 0.6 is 0 Å². The second-order valence-corrected chi connectivity index (χ2v) is 7.78. The Hall–Kier alpha value is -1.91. The van der Waals surface area contributed by atoms with E-state index in [0.717, 1.165) is 43.8 Å². The summed E-state index contributed by atoms with van der Waals surface area (Å²) in [6.45, 7) is 13.5. The number of nitrogens with zero attached hydrogens (tertiary/aromatic N) is 2. The molecule has 134 valence electrons. The van der Waals surface area contributed by atoms with Gasteiger partial charge in [0.15, 0.2) is 0 Å². The summed E-state index contributed by atoms with van der Waals surface area (Å²) in [6, 6.07) is 9.56. The fourth-order valence-electron chi connectivity index (χ4n) is 3.88. The molecule has 1 aliphatic heterocycles. The fraction of sp³-hybridized carbons (Fsp3) is 0.476. The number of hydrogen-bond acceptors (Lipinski definition) is 4. The molecule has 0 bridgehead atoms. The van der Waals surface area contributed by atoms with Gasteiger partial charge in [0.2, 0.25) is 0 Å². The predicted molar refractivity (Wildman–Crippen MR) is 104 cm³/mol. The van der Waals surface area contributed by atoms with E-state index in [-0.39, 0.29) is 5.75 Å². The smallest absolute Gasteiger partial charge is 0.141 e. The number of rotatable bonds is 6. The van der Waals surface area contributed by atoms with Crippen LogP contribution in [0.1, 0.15) is 26.0 Å². The van der Waals surface area contributed by atoms with Gasteiger partial charge in [-0.25, -0.2) is 4.98 Å². The molecule has 1 saturated heterocycles. The Morgan fingerprint density at radius 2 is 2.20 bits per heavy atom. The van der Waals surface area contributed by atoms with E-state index < -0.39 is 0 Å². The Morgan fingerprint density at radius 3 is 2.96 bits per heavy atom. The maximum Gasteiger partial charge on any atom is 0.141 e. The number of phenols is 1. The number of pyridine rings is 1. The van der Waals surface area contributed by atoms with E-state index in [1.54, 1.807) is 6.07 Å². The first-order valence-corrected chi connectivity index (χ1v) is 9.11. The highest BCUT2D eigenvalue weighted by Gasteiger charge is 2.34. The molecule has 0 saturated carbocycles. The highest BCUT2D eigenvalue weighted by molar-refractivity contribution is 5.84. The summed E-state index contributed by atoms with van der Waals surface area (Å²) in [4.78, 5) is 7.08. The van der Waals surface area contributed by atoms with Crippen molar-refractivity contribution >= 4 is 10.9 Å². The molecule has 2 heterocycles. The summed E-state index contributed by atoms with van der Waals surface area (Å²) in [5.41, 5.74) is 1.94. The van der Waals surface area contributed by atoms with Gasteiger partial charge in [0.05, 0.1) is 5.69 Å². The molecule has 3 rings (SSSR count). The van der Waals surface area contributed by atoms with E-state index in [1.807, 2.05) is 30.3 Å². The van der Waals surface area contributed by atoms with Gasteiger partial charge in [0.25, 0.3) is 0 Å². The zero-order valence-corrected chi connectivity index (χ0v) is 15.3. The zero-order valence-electron chi connectivity index (χ0n) is 15.3. The molecular weight excluding hydrogens is 310 g/mol. The van der Waals surface area contributed by atoms with Gasteiger partial charge in [-0.1, -0.05) is 38.1 Å². The number of nitrogens with one attached hydrogen (secondary N) is 1. The molecule has 1 unspecified atom stereocenters. The van der Waals surface area contributed by atoms with Crippen LogP contribution in [0.4, 0.5) is 0 Å². The van der Waals surface area contributed by atoms with Crippen molar-refractivity contribution in [2.24, 2.45) is 11.3 Å². The molecule has 0 spiro atoms. The number of aromatic nitrogens is 1. The van der Waals surface area contributed by atoms with Gasteiger partial charge in [-0.15, -0.1) is 6.58 Å². The molecule has 25 heavy (non-hydrogen) atoms. The average molecular weight is 339 g/mol. The number of phenolic OH excluding ortho intramolecular Hbond substituents is 1. The van der Waals surface area contributed by atoms with Crippen molar-refractivity contribution in [2.45, 2.75) is 26.8 Å². The van der Waals surface area contributed by atoms with Gasteiger partial charge in [0, 0.05) is 25.0 Å². The van der Waals surface area contributed by atoms with Gasteiger partial charge in [-0.05, 0) is 43.0 Å². The van der Waals surface area contributed by atoms with Crippen LogP contribution < -0.4 is 5.32 Å². The third-order valence-electron chi connectivity index (χ3n) is 5.37. The van der Waals surface area contributed by atoms with Crippen LogP contribution in [0.3, 0.4) is 0 Å². The summed E-state index contributed by atoms with van der Waals surface area (Å²) in [6.07, 6.45) is 3.20. The predicted octanol–water partition coefficient (Wildman–Crippen LogP) is 3.56. The minimum Gasteiger partial charge on any atom is -0.506 e. The van der Waals surface area contributed by atoms with Crippen LogP contribution in [-0.4, -0.2) is 41.2 Å². The Bertz CT molecular complexity index is 741. The molecule has 2 N–H and O–H groups in total. The second-order valence-electron chi connectivity index (χ2n) is 7.78. The summed E-state index contributed by atoms with van der Waals surface area (Å²) >= 11 is 0. The van der Waals surface area contributed by atoms with Gasteiger partial charge in [-0.2, -0.15) is 0 Å². The lowest BCUT2D eigenvalue weighted by Gasteiger charge is -2.44. The number of aromatic hydroxyl groups is 1. The number of fused-ring (bicyclic) bond motifs is 1. The Morgan fingerprint density at radius 1 is 1.36 bits per heavy atom. The molecule has 4 nitrogen and oxygen atoms in total. The van der Waals surface area contributed by atoms with E-state index in [0.29, 0.717) is 16.8 Å². The molecule has 0 radical (unpaired) electrons. The SMILES string of the molecule is C=CCN1CCC(CNCc2ccc3cccc(O)c3n2)C(C)(C)C1. The summed E-state index contributed by atoms with van der Waals surface area (Å²) in [5.74, 6) is 0.900. The first-order chi connectivity index (χ1) is 12.0. The highest BCUT2D eigenvalue weighted by Crippen LogP contribution is 2.34. The zero-order chi connectivity index (χ0) is 17.9. The van der Waals surface area contributed by atoms with Crippen LogP contribution in [-0.2, 0) is 6.54 Å². The third-order valence-corrected chi connectivity index (χ3v) is 5.37. The number of hydrogen-bond donors (Lipinski definition) is 2. The minimum absolute atomic E-state index is 0.245. The summed E-state index contributed by atoms with van der Waals surface area (Å²) < 4.78 is 0. The van der Waals surface area contributed by atoms with Crippen LogP contribution in [0.2, 0.25) is 0 Å².